The molecule has 1 nitrogen and oxygen atoms in total. The van der Waals surface area contributed by atoms with E-state index in [1.807, 2.05) is 42.5 Å². The van der Waals surface area contributed by atoms with Crippen LogP contribution in [0.1, 0.15) is 17.9 Å². The van der Waals surface area contributed by atoms with Crippen LogP contribution in [-0.4, -0.2) is 11.6 Å². The zero-order valence-corrected chi connectivity index (χ0v) is 9.48. The van der Waals surface area contributed by atoms with Gasteiger partial charge in [0.05, 0.1) is 0 Å². The molecular formula is C12H13BrO. The first kappa shape index (κ1) is 11.2. The highest BCUT2D eigenvalue weighted by Crippen LogP contribution is 2.17. The van der Waals surface area contributed by atoms with Crippen LogP contribution < -0.4 is 0 Å². The quantitative estimate of drug-likeness (QED) is 0.447. The second-order valence-corrected chi connectivity index (χ2v) is 3.66. The molecule has 0 fully saturated rings. The molecular weight excluding hydrogens is 240 g/mol. The number of hydrogen-bond donors (Lipinski definition) is 0. The molecule has 1 aromatic carbocycles. The van der Waals surface area contributed by atoms with Crippen LogP contribution in [0.25, 0.3) is 0 Å². The summed E-state index contributed by atoms with van der Waals surface area (Å²) in [6.45, 7) is 0. The fraction of sp³-hybridized carbons (Fsp3) is 0.250. The molecule has 0 aromatic heterocycles. The zero-order chi connectivity index (χ0) is 10.2. The predicted molar refractivity (Wildman–Crippen MR) is 62.8 cm³/mol. The molecule has 1 unspecified atom stereocenters. The summed E-state index contributed by atoms with van der Waals surface area (Å²) in [5.41, 5.74) is 1.08. The van der Waals surface area contributed by atoms with Crippen LogP contribution in [0.15, 0.2) is 42.5 Å². The van der Waals surface area contributed by atoms with E-state index in [1.165, 1.54) is 0 Å². The Labute approximate surface area is 93.0 Å². The average molecular weight is 253 g/mol. The highest BCUT2D eigenvalue weighted by atomic mass is 79.9. The molecule has 0 heterocycles. The maximum Gasteiger partial charge on any atom is 0.127 e. The van der Waals surface area contributed by atoms with Crippen molar-refractivity contribution in [3.63, 3.8) is 0 Å². The second-order valence-electron chi connectivity index (χ2n) is 3.01. The lowest BCUT2D eigenvalue weighted by atomic mass is 9.97. The van der Waals surface area contributed by atoms with Crippen LogP contribution in [0.3, 0.4) is 0 Å². The van der Waals surface area contributed by atoms with Gasteiger partial charge in [0.2, 0.25) is 0 Å². The molecule has 0 spiro atoms. The standard InChI is InChI=1S/C12H13BrO/c13-9-5-4-8-12(10-14)11-6-2-1-3-7-11/h1-7,10,12H,8-9H2/b5-4+. The molecule has 0 aliphatic rings. The summed E-state index contributed by atoms with van der Waals surface area (Å²) in [5, 5.41) is 0.841. The number of carbonyl (C=O) groups excluding carboxylic acids is 1. The van der Waals surface area contributed by atoms with Crippen LogP contribution in [0, 0.1) is 0 Å². The molecule has 0 aliphatic carbocycles. The van der Waals surface area contributed by atoms with E-state index in [0.717, 1.165) is 23.6 Å². The van der Waals surface area contributed by atoms with Crippen LogP contribution in [-0.2, 0) is 4.79 Å². The van der Waals surface area contributed by atoms with E-state index in [1.54, 1.807) is 0 Å². The SMILES string of the molecule is O=CC(C/C=C/CBr)c1ccccc1. The third-order valence-electron chi connectivity index (χ3n) is 2.04. The third kappa shape index (κ3) is 3.46. The zero-order valence-electron chi connectivity index (χ0n) is 7.90. The summed E-state index contributed by atoms with van der Waals surface area (Å²) in [6.07, 6.45) is 5.83. The maximum atomic E-state index is 10.9. The summed E-state index contributed by atoms with van der Waals surface area (Å²) in [7, 11) is 0. The minimum Gasteiger partial charge on any atom is -0.303 e. The Morgan fingerprint density at radius 1 is 1.21 bits per heavy atom. The summed E-state index contributed by atoms with van der Waals surface area (Å²) >= 11 is 3.30. The molecule has 14 heavy (non-hydrogen) atoms. The minimum absolute atomic E-state index is 0.00787. The van der Waals surface area contributed by atoms with Gasteiger partial charge in [0.25, 0.3) is 0 Å². The van der Waals surface area contributed by atoms with Gasteiger partial charge in [-0.1, -0.05) is 58.4 Å². The van der Waals surface area contributed by atoms with Crippen molar-refractivity contribution in [1.29, 1.82) is 0 Å². The first-order chi connectivity index (χ1) is 6.88. The second kappa shape index (κ2) is 6.55. The number of halogens is 1. The Hall–Kier alpha value is -0.890. The summed E-state index contributed by atoms with van der Waals surface area (Å²) in [5.74, 6) is -0.00787. The molecule has 0 bridgehead atoms. The van der Waals surface area contributed by atoms with E-state index >= 15 is 0 Å². The Balaban J connectivity index is 2.63. The Kier molecular flexibility index (Phi) is 5.23. The molecule has 0 saturated heterocycles. The van der Waals surface area contributed by atoms with Crippen molar-refractivity contribution in [3.8, 4) is 0 Å². The highest BCUT2D eigenvalue weighted by Gasteiger charge is 2.06. The predicted octanol–water partition coefficient (Wildman–Crippen LogP) is 3.31. The molecule has 74 valence electrons. The van der Waals surface area contributed by atoms with Gasteiger partial charge < -0.3 is 4.79 Å². The first-order valence-corrected chi connectivity index (χ1v) is 5.72. The number of rotatable bonds is 5. The van der Waals surface area contributed by atoms with E-state index in [-0.39, 0.29) is 5.92 Å². The third-order valence-corrected chi connectivity index (χ3v) is 2.41. The molecule has 0 aliphatic heterocycles. The van der Waals surface area contributed by atoms with Gasteiger partial charge in [-0.25, -0.2) is 0 Å². The number of aldehydes is 1. The van der Waals surface area contributed by atoms with Gasteiger partial charge >= 0.3 is 0 Å². The number of benzene rings is 1. The minimum atomic E-state index is -0.00787. The number of hydrogen-bond acceptors (Lipinski definition) is 1. The van der Waals surface area contributed by atoms with E-state index in [9.17, 15) is 4.79 Å². The molecule has 1 atom stereocenters. The fourth-order valence-corrected chi connectivity index (χ4v) is 1.54. The number of carbonyl (C=O) groups is 1. The van der Waals surface area contributed by atoms with Crippen molar-refractivity contribution in [2.24, 2.45) is 0 Å². The van der Waals surface area contributed by atoms with Gasteiger partial charge in [0, 0.05) is 11.2 Å². The van der Waals surface area contributed by atoms with E-state index in [2.05, 4.69) is 15.9 Å². The molecule has 0 radical (unpaired) electrons. The van der Waals surface area contributed by atoms with Gasteiger partial charge in [0.15, 0.2) is 0 Å². The monoisotopic (exact) mass is 252 g/mol. The molecule has 0 N–H and O–H groups in total. The summed E-state index contributed by atoms with van der Waals surface area (Å²) in [4.78, 5) is 10.9. The van der Waals surface area contributed by atoms with Crippen molar-refractivity contribution in [2.45, 2.75) is 12.3 Å². The van der Waals surface area contributed by atoms with E-state index in [0.29, 0.717) is 0 Å². The number of allylic oxidation sites excluding steroid dienone is 2. The van der Waals surface area contributed by atoms with E-state index < -0.39 is 0 Å². The normalized spacial score (nSPS) is 12.9. The van der Waals surface area contributed by atoms with Crippen molar-refractivity contribution in [3.05, 3.63) is 48.0 Å². The van der Waals surface area contributed by atoms with Crippen LogP contribution in [0.2, 0.25) is 0 Å². The lowest BCUT2D eigenvalue weighted by Gasteiger charge is -2.06. The lowest BCUT2D eigenvalue weighted by Crippen LogP contribution is -1.98. The van der Waals surface area contributed by atoms with Crippen LogP contribution in [0.4, 0.5) is 0 Å². The smallest absolute Gasteiger partial charge is 0.127 e. The van der Waals surface area contributed by atoms with Gasteiger partial charge in [-0.05, 0) is 12.0 Å². The van der Waals surface area contributed by atoms with Crippen molar-refractivity contribution >= 4 is 22.2 Å². The van der Waals surface area contributed by atoms with Crippen molar-refractivity contribution < 1.29 is 4.79 Å². The van der Waals surface area contributed by atoms with Gasteiger partial charge in [-0.2, -0.15) is 0 Å². The molecule has 2 heteroatoms. The van der Waals surface area contributed by atoms with Crippen molar-refractivity contribution in [1.82, 2.24) is 0 Å². The average Bonchev–Trinajstić information content (AvgIpc) is 2.26. The van der Waals surface area contributed by atoms with Crippen LogP contribution in [0.5, 0.6) is 0 Å². The Bertz CT molecular complexity index is 292. The maximum absolute atomic E-state index is 10.9. The molecule has 1 aromatic rings. The fourth-order valence-electron chi connectivity index (χ4n) is 1.28. The Morgan fingerprint density at radius 2 is 1.93 bits per heavy atom. The van der Waals surface area contributed by atoms with Gasteiger partial charge in [0.1, 0.15) is 6.29 Å². The summed E-state index contributed by atoms with van der Waals surface area (Å²) in [6, 6.07) is 9.85. The first-order valence-electron chi connectivity index (χ1n) is 4.59. The highest BCUT2D eigenvalue weighted by molar-refractivity contribution is 9.09. The topological polar surface area (TPSA) is 17.1 Å². The molecule has 0 amide bonds. The van der Waals surface area contributed by atoms with Crippen molar-refractivity contribution in [2.75, 3.05) is 5.33 Å². The molecule has 0 saturated carbocycles. The number of alkyl halides is 1. The largest absolute Gasteiger partial charge is 0.303 e. The Morgan fingerprint density at radius 3 is 2.50 bits per heavy atom. The lowest BCUT2D eigenvalue weighted by molar-refractivity contribution is -0.109. The van der Waals surface area contributed by atoms with Gasteiger partial charge in [-0.3, -0.25) is 0 Å². The molecule has 1 rings (SSSR count). The summed E-state index contributed by atoms with van der Waals surface area (Å²) < 4.78 is 0. The van der Waals surface area contributed by atoms with E-state index in [4.69, 9.17) is 0 Å². The van der Waals surface area contributed by atoms with Crippen LogP contribution >= 0.6 is 15.9 Å². The van der Waals surface area contributed by atoms with Gasteiger partial charge in [-0.15, -0.1) is 0 Å².